The smallest absolute Gasteiger partial charge is 0.251 e. The van der Waals surface area contributed by atoms with E-state index in [-0.39, 0.29) is 5.91 Å². The minimum Gasteiger partial charge on any atom is -0.352 e. The van der Waals surface area contributed by atoms with Crippen LogP contribution in [0.3, 0.4) is 0 Å². The summed E-state index contributed by atoms with van der Waals surface area (Å²) in [5.41, 5.74) is 5.13. The molecule has 0 atom stereocenters. The third-order valence-electron chi connectivity index (χ3n) is 6.30. The highest BCUT2D eigenvalue weighted by Gasteiger charge is 2.05. The maximum atomic E-state index is 12.4. The van der Waals surface area contributed by atoms with E-state index in [1.807, 2.05) is 29.6 Å². The zero-order valence-corrected chi connectivity index (χ0v) is 21.9. The summed E-state index contributed by atoms with van der Waals surface area (Å²) in [6.07, 6.45) is 13.1. The Morgan fingerprint density at radius 1 is 0.771 bits per heavy atom. The number of nitrogens with one attached hydrogen (secondary N) is 2. The molecule has 0 aliphatic heterocycles. The summed E-state index contributed by atoms with van der Waals surface area (Å²) in [5.74, 6) is 0.0239. The summed E-state index contributed by atoms with van der Waals surface area (Å²) >= 11 is 1.36. The lowest BCUT2D eigenvalue weighted by molar-refractivity contribution is 0.0953. The first-order valence-electron chi connectivity index (χ1n) is 13.2. The molecule has 6 heteroatoms. The highest BCUT2D eigenvalue weighted by molar-refractivity contribution is 7.03. The first kappa shape index (κ1) is 27.0. The molecule has 0 aliphatic carbocycles. The van der Waals surface area contributed by atoms with Crippen molar-refractivity contribution in [3.05, 3.63) is 70.6 Å². The van der Waals surface area contributed by atoms with Gasteiger partial charge in [-0.25, -0.2) is 0 Å². The Balaban J connectivity index is 1.25. The summed E-state index contributed by atoms with van der Waals surface area (Å²) in [6, 6.07) is 16.3. The fourth-order valence-electron chi connectivity index (χ4n) is 4.13. The maximum Gasteiger partial charge on any atom is 0.251 e. The molecule has 188 valence electrons. The lowest BCUT2D eigenvalue weighted by atomic mass is 10.1. The molecule has 2 aromatic carbocycles. The Bertz CT molecular complexity index is 955. The summed E-state index contributed by atoms with van der Waals surface area (Å²) in [4.78, 5) is 12.4. The minimum atomic E-state index is 0.0239. The number of amides is 1. The van der Waals surface area contributed by atoms with Crippen LogP contribution in [0.25, 0.3) is 11.3 Å². The average molecular weight is 493 g/mol. The number of rotatable bonds is 17. The number of unbranched alkanes of at least 4 members (excludes halogenated alkanes) is 9. The van der Waals surface area contributed by atoms with Crippen LogP contribution in [0.15, 0.2) is 53.9 Å². The number of hydrogen-bond donors (Lipinski definition) is 2. The largest absolute Gasteiger partial charge is 0.352 e. The summed E-state index contributed by atoms with van der Waals surface area (Å²) < 4.78 is 3.92. The summed E-state index contributed by atoms with van der Waals surface area (Å²) in [6.45, 7) is 4.57. The van der Waals surface area contributed by atoms with Crippen LogP contribution < -0.4 is 10.6 Å². The third kappa shape index (κ3) is 10.3. The number of benzene rings is 2. The minimum absolute atomic E-state index is 0.0239. The molecule has 5 nitrogen and oxygen atoms in total. The van der Waals surface area contributed by atoms with Gasteiger partial charge in [0.2, 0.25) is 0 Å². The quantitative estimate of drug-likeness (QED) is 0.196. The van der Waals surface area contributed by atoms with E-state index in [1.165, 1.54) is 80.4 Å². The SMILES string of the molecule is CCCCCCCCCCCCNC(=O)c1ccc(CNCc2ccc(-c3csnn3)cc2)cc1. The molecule has 35 heavy (non-hydrogen) atoms. The first-order valence-corrected chi connectivity index (χ1v) is 14.0. The fraction of sp³-hybridized carbons (Fsp3) is 0.483. The van der Waals surface area contributed by atoms with Crippen LogP contribution in [0.5, 0.6) is 0 Å². The van der Waals surface area contributed by atoms with Gasteiger partial charge in [-0.15, -0.1) is 5.10 Å². The Labute approximate surface area is 214 Å². The average Bonchev–Trinajstić information content (AvgIpc) is 3.43. The van der Waals surface area contributed by atoms with E-state index in [0.717, 1.165) is 42.9 Å². The van der Waals surface area contributed by atoms with E-state index in [4.69, 9.17) is 0 Å². The number of nitrogens with zero attached hydrogens (tertiary/aromatic N) is 2. The van der Waals surface area contributed by atoms with E-state index in [9.17, 15) is 4.79 Å². The molecule has 0 unspecified atom stereocenters. The number of hydrogen-bond acceptors (Lipinski definition) is 5. The van der Waals surface area contributed by atoms with Crippen molar-refractivity contribution in [3.63, 3.8) is 0 Å². The van der Waals surface area contributed by atoms with Crippen molar-refractivity contribution in [2.75, 3.05) is 6.54 Å². The van der Waals surface area contributed by atoms with E-state index < -0.39 is 0 Å². The van der Waals surface area contributed by atoms with Gasteiger partial charge in [0.15, 0.2) is 0 Å². The molecule has 1 amide bonds. The van der Waals surface area contributed by atoms with E-state index in [1.54, 1.807) is 0 Å². The van der Waals surface area contributed by atoms with E-state index in [0.29, 0.717) is 0 Å². The molecule has 1 heterocycles. The van der Waals surface area contributed by atoms with Gasteiger partial charge in [0.05, 0.1) is 0 Å². The normalized spacial score (nSPS) is 11.0. The first-order chi connectivity index (χ1) is 17.3. The molecule has 0 bridgehead atoms. The van der Waals surface area contributed by atoms with Crippen LogP contribution >= 0.6 is 11.5 Å². The molecule has 3 rings (SSSR count). The fourth-order valence-corrected chi connectivity index (χ4v) is 4.59. The number of carbonyl (C=O) groups excluding carboxylic acids is 1. The van der Waals surface area contributed by atoms with Crippen LogP contribution in [0, 0.1) is 0 Å². The summed E-state index contributed by atoms with van der Waals surface area (Å²) in [5, 5.41) is 12.6. The van der Waals surface area contributed by atoms with Crippen molar-refractivity contribution in [2.45, 2.75) is 84.2 Å². The zero-order chi connectivity index (χ0) is 24.6. The molecule has 0 fully saturated rings. The van der Waals surface area contributed by atoms with E-state index in [2.05, 4.69) is 51.4 Å². The Morgan fingerprint density at radius 2 is 1.34 bits per heavy atom. The molecule has 0 radical (unpaired) electrons. The molecule has 1 aromatic heterocycles. The van der Waals surface area contributed by atoms with Gasteiger partial charge in [0, 0.05) is 36.1 Å². The van der Waals surface area contributed by atoms with Gasteiger partial charge in [-0.3, -0.25) is 4.79 Å². The second kappa shape index (κ2) is 16.2. The van der Waals surface area contributed by atoms with Crippen molar-refractivity contribution in [1.82, 2.24) is 20.2 Å². The van der Waals surface area contributed by atoms with Crippen molar-refractivity contribution in [3.8, 4) is 11.3 Å². The highest BCUT2D eigenvalue weighted by Crippen LogP contribution is 2.18. The van der Waals surface area contributed by atoms with Crippen molar-refractivity contribution in [1.29, 1.82) is 0 Å². The number of carbonyl (C=O) groups is 1. The van der Waals surface area contributed by atoms with Gasteiger partial charge in [-0.05, 0) is 41.2 Å². The molecule has 3 aromatic rings. The molecule has 0 saturated heterocycles. The van der Waals surface area contributed by atoms with Crippen LogP contribution in [0.2, 0.25) is 0 Å². The molecular formula is C29H40N4OS. The Hall–Kier alpha value is -2.57. The van der Waals surface area contributed by atoms with Gasteiger partial charge in [-0.1, -0.05) is 106 Å². The van der Waals surface area contributed by atoms with Crippen LogP contribution in [0.4, 0.5) is 0 Å². The third-order valence-corrected chi connectivity index (χ3v) is 6.80. The lowest BCUT2D eigenvalue weighted by Gasteiger charge is -2.08. The maximum absolute atomic E-state index is 12.4. The van der Waals surface area contributed by atoms with Crippen LogP contribution in [0.1, 0.15) is 92.6 Å². The molecular weight excluding hydrogens is 452 g/mol. The lowest BCUT2D eigenvalue weighted by Crippen LogP contribution is -2.24. The standard InChI is InChI=1S/C29H40N4OS/c1-2-3-4-5-6-7-8-9-10-11-20-31-29(34)27-18-14-25(15-19-27)22-30-21-24-12-16-26(17-13-24)28-23-35-33-32-28/h12-19,23,30H,2-11,20-22H2,1H3,(H,31,34). The van der Waals surface area contributed by atoms with Gasteiger partial charge in [0.25, 0.3) is 5.91 Å². The molecule has 2 N–H and O–H groups in total. The topological polar surface area (TPSA) is 66.9 Å². The zero-order valence-electron chi connectivity index (χ0n) is 21.1. The predicted octanol–water partition coefficient (Wildman–Crippen LogP) is 7.15. The summed E-state index contributed by atoms with van der Waals surface area (Å²) in [7, 11) is 0. The highest BCUT2D eigenvalue weighted by atomic mass is 32.1. The van der Waals surface area contributed by atoms with Gasteiger partial charge < -0.3 is 10.6 Å². The van der Waals surface area contributed by atoms with Crippen LogP contribution in [-0.2, 0) is 13.1 Å². The van der Waals surface area contributed by atoms with Gasteiger partial charge in [-0.2, -0.15) is 0 Å². The van der Waals surface area contributed by atoms with Gasteiger partial charge in [0.1, 0.15) is 5.69 Å². The van der Waals surface area contributed by atoms with Crippen molar-refractivity contribution in [2.24, 2.45) is 0 Å². The molecule has 0 aliphatic rings. The van der Waals surface area contributed by atoms with Gasteiger partial charge >= 0.3 is 0 Å². The monoisotopic (exact) mass is 492 g/mol. The van der Waals surface area contributed by atoms with Crippen molar-refractivity contribution < 1.29 is 4.79 Å². The van der Waals surface area contributed by atoms with E-state index >= 15 is 0 Å². The van der Waals surface area contributed by atoms with Crippen LogP contribution in [-0.4, -0.2) is 22.0 Å². The predicted molar refractivity (Wildman–Crippen MR) is 147 cm³/mol. The Kier molecular flexibility index (Phi) is 12.5. The number of aromatic nitrogens is 2. The second-order valence-electron chi connectivity index (χ2n) is 9.23. The van der Waals surface area contributed by atoms with Crippen molar-refractivity contribution >= 4 is 17.4 Å². The molecule has 0 saturated carbocycles. The second-order valence-corrected chi connectivity index (χ2v) is 9.84. The molecule has 0 spiro atoms. The Morgan fingerprint density at radius 3 is 1.91 bits per heavy atom.